The molecule has 1 saturated heterocycles. The van der Waals surface area contributed by atoms with Crippen molar-refractivity contribution in [2.24, 2.45) is 5.41 Å². The minimum absolute atomic E-state index is 0.132. The summed E-state index contributed by atoms with van der Waals surface area (Å²) in [7, 11) is 0. The summed E-state index contributed by atoms with van der Waals surface area (Å²) in [6.07, 6.45) is 0.132. The Labute approximate surface area is 113 Å². The number of hydrogen-bond donors (Lipinski definition) is 1. The number of rotatable bonds is 5. The molecule has 0 aromatic heterocycles. The highest BCUT2D eigenvalue weighted by atomic mass is 35.5. The van der Waals surface area contributed by atoms with E-state index in [1.54, 1.807) is 0 Å². The van der Waals surface area contributed by atoms with Crippen molar-refractivity contribution < 1.29 is 9.47 Å². The first kappa shape index (κ1) is 13.5. The third-order valence-electron chi connectivity index (χ3n) is 2.91. The predicted octanol–water partition coefficient (Wildman–Crippen LogP) is 3.58. The third kappa shape index (κ3) is 3.30. The summed E-state index contributed by atoms with van der Waals surface area (Å²) >= 11 is 6.18. The van der Waals surface area contributed by atoms with Crippen molar-refractivity contribution in [2.75, 3.05) is 25.1 Å². The molecule has 0 atom stereocenters. The van der Waals surface area contributed by atoms with Crippen LogP contribution >= 0.6 is 11.6 Å². The number of nitrogens with one attached hydrogen (secondary N) is 1. The average Bonchev–Trinajstić information content (AvgIpc) is 2.26. The van der Waals surface area contributed by atoms with Gasteiger partial charge in [-0.25, -0.2) is 0 Å². The van der Waals surface area contributed by atoms with Crippen LogP contribution in [-0.2, 0) is 4.74 Å². The van der Waals surface area contributed by atoms with Crippen LogP contribution in [-0.4, -0.2) is 25.9 Å². The molecule has 0 radical (unpaired) electrons. The lowest BCUT2D eigenvalue weighted by atomic mass is 9.89. The second-order valence-corrected chi connectivity index (χ2v) is 5.88. The van der Waals surface area contributed by atoms with Gasteiger partial charge >= 0.3 is 0 Å². The Bertz CT molecular complexity index is 416. The fourth-order valence-corrected chi connectivity index (χ4v) is 2.05. The maximum atomic E-state index is 6.18. The van der Waals surface area contributed by atoms with Crippen LogP contribution in [0.2, 0.25) is 5.02 Å². The molecule has 2 rings (SSSR count). The minimum atomic E-state index is 0.132. The van der Waals surface area contributed by atoms with Crippen molar-refractivity contribution in [3.63, 3.8) is 0 Å². The molecular weight excluding hydrogens is 250 g/mol. The molecule has 1 heterocycles. The molecule has 1 aliphatic heterocycles. The van der Waals surface area contributed by atoms with Crippen molar-refractivity contribution >= 4 is 17.3 Å². The van der Waals surface area contributed by atoms with Crippen LogP contribution in [0.25, 0.3) is 0 Å². The molecule has 18 heavy (non-hydrogen) atoms. The molecule has 0 unspecified atom stereocenters. The zero-order valence-corrected chi connectivity index (χ0v) is 11.9. The number of halogens is 1. The van der Waals surface area contributed by atoms with Gasteiger partial charge in [-0.3, -0.25) is 0 Å². The lowest BCUT2D eigenvalue weighted by molar-refractivity contribution is -0.0924. The highest BCUT2D eigenvalue weighted by Crippen LogP contribution is 2.30. The first-order chi connectivity index (χ1) is 8.48. The topological polar surface area (TPSA) is 30.5 Å². The molecule has 0 spiro atoms. The van der Waals surface area contributed by atoms with Gasteiger partial charge in [0.25, 0.3) is 0 Å². The molecule has 1 aromatic carbocycles. The van der Waals surface area contributed by atoms with Crippen LogP contribution in [0.4, 0.5) is 5.69 Å². The largest absolute Gasteiger partial charge is 0.489 e. The quantitative estimate of drug-likeness (QED) is 0.886. The molecule has 0 saturated carbocycles. The van der Waals surface area contributed by atoms with Crippen molar-refractivity contribution in [3.8, 4) is 5.75 Å². The van der Waals surface area contributed by atoms with Gasteiger partial charge in [0.15, 0.2) is 0 Å². The molecule has 0 amide bonds. The molecule has 1 aliphatic rings. The summed E-state index contributed by atoms with van der Waals surface area (Å²) in [5.74, 6) is 0.732. The van der Waals surface area contributed by atoms with E-state index in [1.807, 2.05) is 32.0 Å². The van der Waals surface area contributed by atoms with E-state index in [9.17, 15) is 0 Å². The van der Waals surface area contributed by atoms with Crippen LogP contribution in [0, 0.1) is 5.41 Å². The second-order valence-electron chi connectivity index (χ2n) is 5.47. The lowest BCUT2D eigenvalue weighted by Crippen LogP contribution is -2.45. The third-order valence-corrected chi connectivity index (χ3v) is 3.21. The second kappa shape index (κ2) is 5.37. The lowest BCUT2D eigenvalue weighted by Gasteiger charge is -2.38. The van der Waals surface area contributed by atoms with Gasteiger partial charge in [-0.2, -0.15) is 0 Å². The maximum absolute atomic E-state index is 6.18. The molecule has 100 valence electrons. The highest BCUT2D eigenvalue weighted by molar-refractivity contribution is 6.32. The van der Waals surface area contributed by atoms with E-state index < -0.39 is 0 Å². The highest BCUT2D eigenvalue weighted by Gasteiger charge is 2.32. The van der Waals surface area contributed by atoms with Gasteiger partial charge < -0.3 is 14.8 Å². The molecule has 1 fully saturated rings. The van der Waals surface area contributed by atoms with Crippen LogP contribution in [0.5, 0.6) is 5.75 Å². The molecule has 0 aliphatic carbocycles. The average molecular weight is 270 g/mol. The monoisotopic (exact) mass is 269 g/mol. The van der Waals surface area contributed by atoms with Crippen molar-refractivity contribution in [2.45, 2.75) is 26.9 Å². The minimum Gasteiger partial charge on any atom is -0.489 e. The first-order valence-electron chi connectivity index (χ1n) is 6.26. The maximum Gasteiger partial charge on any atom is 0.138 e. The normalized spacial score (nSPS) is 17.4. The van der Waals surface area contributed by atoms with Gasteiger partial charge in [-0.1, -0.05) is 18.5 Å². The smallest absolute Gasteiger partial charge is 0.138 e. The molecule has 4 heteroatoms. The molecule has 3 nitrogen and oxygen atoms in total. The molecule has 1 aromatic rings. The molecular formula is C14H20ClNO2. The van der Waals surface area contributed by atoms with Crippen molar-refractivity contribution in [3.05, 3.63) is 23.2 Å². The van der Waals surface area contributed by atoms with Gasteiger partial charge in [0.05, 0.1) is 24.3 Å². The van der Waals surface area contributed by atoms with Gasteiger partial charge in [-0.05, 0) is 32.0 Å². The summed E-state index contributed by atoms with van der Waals surface area (Å²) < 4.78 is 10.8. The Morgan fingerprint density at radius 3 is 2.67 bits per heavy atom. The van der Waals surface area contributed by atoms with Gasteiger partial charge in [0, 0.05) is 17.6 Å². The van der Waals surface area contributed by atoms with Crippen molar-refractivity contribution in [1.29, 1.82) is 0 Å². The Morgan fingerprint density at radius 1 is 1.44 bits per heavy atom. The number of hydrogen-bond acceptors (Lipinski definition) is 3. The van der Waals surface area contributed by atoms with E-state index in [0.717, 1.165) is 31.2 Å². The van der Waals surface area contributed by atoms with Crippen molar-refractivity contribution in [1.82, 2.24) is 0 Å². The Morgan fingerprint density at radius 2 is 2.17 bits per heavy atom. The number of benzene rings is 1. The zero-order valence-electron chi connectivity index (χ0n) is 11.1. The standard InChI is InChI=1S/C14H20ClNO2/c1-10(2)18-13-5-4-11(6-12(13)15)16-7-14(3)8-17-9-14/h4-6,10,16H,7-9H2,1-3H3. The Kier molecular flexibility index (Phi) is 4.03. The summed E-state index contributed by atoms with van der Waals surface area (Å²) in [5.41, 5.74) is 1.27. The predicted molar refractivity (Wildman–Crippen MR) is 74.6 cm³/mol. The van der Waals surface area contributed by atoms with Crippen LogP contribution in [0.1, 0.15) is 20.8 Å². The van der Waals surface area contributed by atoms with E-state index in [4.69, 9.17) is 21.1 Å². The van der Waals surface area contributed by atoms with E-state index >= 15 is 0 Å². The van der Waals surface area contributed by atoms with Crippen LogP contribution < -0.4 is 10.1 Å². The first-order valence-corrected chi connectivity index (χ1v) is 6.64. The SMILES string of the molecule is CC(C)Oc1ccc(NCC2(C)COC2)cc1Cl. The van der Waals surface area contributed by atoms with Crippen LogP contribution in [0.3, 0.4) is 0 Å². The number of anilines is 1. The Balaban J connectivity index is 1.95. The van der Waals surface area contributed by atoms with E-state index in [1.165, 1.54) is 0 Å². The summed E-state index contributed by atoms with van der Waals surface area (Å²) in [6, 6.07) is 5.80. The van der Waals surface area contributed by atoms with E-state index in [0.29, 0.717) is 5.02 Å². The summed E-state index contributed by atoms with van der Waals surface area (Å²) in [4.78, 5) is 0. The fourth-order valence-electron chi connectivity index (χ4n) is 1.83. The summed E-state index contributed by atoms with van der Waals surface area (Å²) in [5, 5.41) is 4.03. The molecule has 0 bridgehead atoms. The van der Waals surface area contributed by atoms with Gasteiger partial charge in [0.2, 0.25) is 0 Å². The fraction of sp³-hybridized carbons (Fsp3) is 0.571. The van der Waals surface area contributed by atoms with Gasteiger partial charge in [0.1, 0.15) is 5.75 Å². The molecule has 1 N–H and O–H groups in total. The summed E-state index contributed by atoms with van der Waals surface area (Å²) in [6.45, 7) is 8.72. The number of ether oxygens (including phenoxy) is 2. The van der Waals surface area contributed by atoms with Gasteiger partial charge in [-0.15, -0.1) is 0 Å². The van der Waals surface area contributed by atoms with E-state index in [2.05, 4.69) is 12.2 Å². The van der Waals surface area contributed by atoms with E-state index in [-0.39, 0.29) is 11.5 Å². The zero-order chi connectivity index (χ0) is 13.2. The Hall–Kier alpha value is -0.930. The van der Waals surface area contributed by atoms with Crippen LogP contribution in [0.15, 0.2) is 18.2 Å².